The number of nitrogens with one attached hydrogen (secondary N) is 2. The highest BCUT2D eigenvalue weighted by Gasteiger charge is 2.37. The van der Waals surface area contributed by atoms with Crippen molar-refractivity contribution >= 4 is 23.1 Å². The summed E-state index contributed by atoms with van der Waals surface area (Å²) < 4.78 is 48.1. The van der Waals surface area contributed by atoms with Crippen molar-refractivity contribution in [1.29, 1.82) is 0 Å². The van der Waals surface area contributed by atoms with Crippen LogP contribution in [0, 0.1) is 0 Å². The van der Waals surface area contributed by atoms with E-state index in [9.17, 15) is 18.0 Å². The van der Waals surface area contributed by atoms with E-state index >= 15 is 0 Å². The number of nitrogens with two attached hydrogens (primary N) is 1. The van der Waals surface area contributed by atoms with Gasteiger partial charge in [0.1, 0.15) is 5.75 Å². The van der Waals surface area contributed by atoms with Gasteiger partial charge in [-0.25, -0.2) is 4.52 Å². The number of dihydropyridines is 1. The van der Waals surface area contributed by atoms with E-state index in [1.165, 1.54) is 25.3 Å². The van der Waals surface area contributed by atoms with Crippen LogP contribution in [-0.4, -0.2) is 39.7 Å². The number of rotatable bonds is 6. The topological polar surface area (TPSA) is 116 Å². The van der Waals surface area contributed by atoms with Gasteiger partial charge in [0, 0.05) is 26.1 Å². The number of fused-ring (bicyclic) bond motifs is 1. The number of nitrogen functional groups attached to an aromatic ring is 1. The van der Waals surface area contributed by atoms with Crippen LogP contribution in [0.15, 0.2) is 60.9 Å². The minimum Gasteiger partial charge on any atom is -0.406 e. The van der Waals surface area contributed by atoms with Gasteiger partial charge in [-0.1, -0.05) is 18.2 Å². The van der Waals surface area contributed by atoms with Crippen LogP contribution < -0.4 is 21.1 Å². The average molecular weight is 460 g/mol. The molecule has 0 aliphatic carbocycles. The number of hydrogen-bond donors (Lipinski definition) is 3. The molecule has 0 spiro atoms. The molecule has 3 heterocycles. The monoisotopic (exact) mass is 460 g/mol. The Morgan fingerprint density at radius 2 is 2.12 bits per heavy atom. The van der Waals surface area contributed by atoms with E-state index in [1.807, 2.05) is 6.07 Å². The summed E-state index contributed by atoms with van der Waals surface area (Å²) >= 11 is 0. The van der Waals surface area contributed by atoms with Crippen LogP contribution in [0.3, 0.4) is 0 Å². The highest BCUT2D eigenvalue weighted by Crippen LogP contribution is 2.25. The number of benzene rings is 1. The fourth-order valence-electron chi connectivity index (χ4n) is 3.27. The zero-order chi connectivity index (χ0) is 23.6. The standard InChI is InChI=1S/C21H19F3N6O3/c1-32-20(18(31)26-11-13-3-2-4-16(9-13)33-21(22,23)24)7-5-15(12-27-20)14-6-8-30-17(10-14)28-19(25)29-30/h2-10,12,27H,11H2,1H3,(H2,25,29)(H,26,31). The van der Waals surface area contributed by atoms with Crippen molar-refractivity contribution in [2.24, 2.45) is 0 Å². The van der Waals surface area contributed by atoms with Gasteiger partial charge >= 0.3 is 6.36 Å². The van der Waals surface area contributed by atoms with Crippen LogP contribution in [0.5, 0.6) is 5.75 Å². The summed E-state index contributed by atoms with van der Waals surface area (Å²) in [5, 5.41) is 9.61. The van der Waals surface area contributed by atoms with Crippen molar-refractivity contribution in [2.75, 3.05) is 12.8 Å². The molecular formula is C21H19F3N6O3. The third kappa shape index (κ3) is 4.90. The number of amides is 1. The number of pyridine rings is 1. The molecule has 0 bridgehead atoms. The van der Waals surface area contributed by atoms with Gasteiger partial charge < -0.3 is 25.8 Å². The number of nitrogens with zero attached hydrogens (tertiary/aromatic N) is 3. The second kappa shape index (κ2) is 8.47. The first-order valence-corrected chi connectivity index (χ1v) is 9.65. The molecule has 33 heavy (non-hydrogen) atoms. The molecule has 172 valence electrons. The molecular weight excluding hydrogens is 441 g/mol. The minimum atomic E-state index is -4.80. The van der Waals surface area contributed by atoms with Crippen molar-refractivity contribution in [3.63, 3.8) is 0 Å². The fraction of sp³-hybridized carbons (Fsp3) is 0.190. The lowest BCUT2D eigenvalue weighted by Gasteiger charge is -2.31. The number of hydrogen-bond acceptors (Lipinski definition) is 7. The predicted octanol–water partition coefficient (Wildman–Crippen LogP) is 2.37. The molecule has 0 saturated carbocycles. The Morgan fingerprint density at radius 3 is 2.82 bits per heavy atom. The molecule has 3 aromatic rings. The highest BCUT2D eigenvalue weighted by molar-refractivity contribution is 5.90. The molecule has 0 radical (unpaired) electrons. The molecule has 12 heteroatoms. The van der Waals surface area contributed by atoms with E-state index in [-0.39, 0.29) is 18.2 Å². The van der Waals surface area contributed by atoms with Crippen LogP contribution in [0.25, 0.3) is 11.2 Å². The lowest BCUT2D eigenvalue weighted by molar-refractivity contribution is -0.274. The van der Waals surface area contributed by atoms with Gasteiger partial charge in [-0.05, 0) is 47.0 Å². The number of methoxy groups -OCH3 is 1. The summed E-state index contributed by atoms with van der Waals surface area (Å²) in [6, 6.07) is 8.95. The summed E-state index contributed by atoms with van der Waals surface area (Å²) in [5.41, 5.74) is 6.68. The first-order chi connectivity index (χ1) is 15.7. The number of halogens is 3. The van der Waals surface area contributed by atoms with Crippen molar-refractivity contribution in [1.82, 2.24) is 25.2 Å². The predicted molar refractivity (Wildman–Crippen MR) is 112 cm³/mol. The Hall–Kier alpha value is -4.06. The summed E-state index contributed by atoms with van der Waals surface area (Å²) in [5.74, 6) is -0.742. The minimum absolute atomic E-state index is 0.0317. The number of carbonyl (C=O) groups is 1. The van der Waals surface area contributed by atoms with Crippen LogP contribution in [0.1, 0.15) is 11.1 Å². The molecule has 0 fully saturated rings. The normalized spacial score (nSPS) is 18.0. The molecule has 4 rings (SSSR count). The summed E-state index contributed by atoms with van der Waals surface area (Å²) in [4.78, 5) is 17.0. The SMILES string of the molecule is COC1(C(=O)NCc2cccc(OC(F)(F)F)c2)C=CC(c2ccn3nc(N)nc3c2)=CN1. The summed E-state index contributed by atoms with van der Waals surface area (Å²) in [6.45, 7) is -0.0317. The molecule has 1 aromatic carbocycles. The van der Waals surface area contributed by atoms with E-state index in [0.717, 1.165) is 11.1 Å². The third-order valence-corrected chi connectivity index (χ3v) is 4.87. The Morgan fingerprint density at radius 1 is 1.30 bits per heavy atom. The second-order valence-corrected chi connectivity index (χ2v) is 7.08. The number of ether oxygens (including phenoxy) is 2. The molecule has 0 saturated heterocycles. The van der Waals surface area contributed by atoms with E-state index < -0.39 is 18.0 Å². The maximum Gasteiger partial charge on any atom is 0.573 e. The molecule has 9 nitrogen and oxygen atoms in total. The lowest BCUT2D eigenvalue weighted by atomic mass is 10.0. The molecule has 1 aliphatic rings. The number of aromatic nitrogens is 3. The van der Waals surface area contributed by atoms with Gasteiger partial charge in [0.15, 0.2) is 5.65 Å². The first-order valence-electron chi connectivity index (χ1n) is 9.65. The van der Waals surface area contributed by atoms with E-state index in [2.05, 4.69) is 25.5 Å². The second-order valence-electron chi connectivity index (χ2n) is 7.08. The average Bonchev–Trinajstić information content (AvgIpc) is 3.16. The van der Waals surface area contributed by atoms with E-state index in [4.69, 9.17) is 10.5 Å². The van der Waals surface area contributed by atoms with Gasteiger partial charge in [0.2, 0.25) is 11.7 Å². The van der Waals surface area contributed by atoms with Crippen molar-refractivity contribution in [3.8, 4) is 5.75 Å². The summed E-state index contributed by atoms with van der Waals surface area (Å²) in [6.07, 6.45) is 1.79. The van der Waals surface area contributed by atoms with E-state index in [0.29, 0.717) is 11.2 Å². The maximum absolute atomic E-state index is 12.8. The van der Waals surface area contributed by atoms with Crippen LogP contribution in [-0.2, 0) is 16.1 Å². The van der Waals surface area contributed by atoms with Gasteiger partial charge in [0.25, 0.3) is 5.91 Å². The number of allylic oxidation sites excluding steroid dienone is 2. The van der Waals surface area contributed by atoms with Gasteiger partial charge in [-0.3, -0.25) is 4.79 Å². The van der Waals surface area contributed by atoms with Gasteiger partial charge in [-0.2, -0.15) is 4.98 Å². The first kappa shape index (κ1) is 22.1. The Balaban J connectivity index is 1.44. The lowest BCUT2D eigenvalue weighted by Crippen LogP contribution is -2.56. The number of alkyl halides is 3. The molecule has 4 N–H and O–H groups in total. The Bertz CT molecular complexity index is 1250. The quantitative estimate of drug-likeness (QED) is 0.517. The Kier molecular flexibility index (Phi) is 5.68. The number of anilines is 1. The van der Waals surface area contributed by atoms with Crippen molar-refractivity contribution < 1.29 is 27.4 Å². The van der Waals surface area contributed by atoms with Crippen LogP contribution >= 0.6 is 0 Å². The van der Waals surface area contributed by atoms with Crippen molar-refractivity contribution in [2.45, 2.75) is 18.6 Å². The van der Waals surface area contributed by atoms with Crippen LogP contribution in [0.2, 0.25) is 0 Å². The zero-order valence-electron chi connectivity index (χ0n) is 17.3. The molecule has 1 atom stereocenters. The van der Waals surface area contributed by atoms with Gasteiger partial charge in [0.05, 0.1) is 0 Å². The third-order valence-electron chi connectivity index (χ3n) is 4.87. The summed E-state index contributed by atoms with van der Waals surface area (Å²) in [7, 11) is 1.36. The van der Waals surface area contributed by atoms with Crippen molar-refractivity contribution in [3.05, 3.63) is 72.1 Å². The Labute approximate surface area is 185 Å². The smallest absolute Gasteiger partial charge is 0.406 e. The van der Waals surface area contributed by atoms with Crippen LogP contribution in [0.4, 0.5) is 19.1 Å². The maximum atomic E-state index is 12.8. The van der Waals surface area contributed by atoms with E-state index in [1.54, 1.807) is 41.2 Å². The molecule has 1 amide bonds. The highest BCUT2D eigenvalue weighted by atomic mass is 19.4. The zero-order valence-corrected chi connectivity index (χ0v) is 17.3. The fourth-order valence-corrected chi connectivity index (χ4v) is 3.27. The molecule has 1 unspecified atom stereocenters. The molecule has 2 aromatic heterocycles. The van der Waals surface area contributed by atoms with Gasteiger partial charge in [-0.15, -0.1) is 18.3 Å². The number of carbonyl (C=O) groups excluding carboxylic acids is 1. The largest absolute Gasteiger partial charge is 0.573 e. The molecule has 1 aliphatic heterocycles.